The third-order valence-electron chi connectivity index (χ3n) is 0.793. The molecule has 0 amide bonds. The van der Waals surface area contributed by atoms with Gasteiger partial charge in [0, 0.05) is 28.2 Å². The maximum atomic E-state index is 11.7. The second-order valence-corrected chi connectivity index (χ2v) is 2.40. The summed E-state index contributed by atoms with van der Waals surface area (Å²) in [6.45, 7) is -0.952. The fraction of sp³-hybridized carbons (Fsp3) is 1.00. The van der Waals surface area contributed by atoms with E-state index in [2.05, 4.69) is 4.65 Å². The third kappa shape index (κ3) is 6.50. The highest BCUT2D eigenvalue weighted by Gasteiger charge is 2.24. The lowest BCUT2D eigenvalue weighted by Crippen LogP contribution is -2.37. The molecule has 72 valence electrons. The minimum atomic E-state index is -1.04. The summed E-state index contributed by atoms with van der Waals surface area (Å²) >= 11 is 0. The topological polar surface area (TPSA) is 34.2 Å². The summed E-state index contributed by atoms with van der Waals surface area (Å²) in [6.07, 6.45) is 0. The molecule has 0 spiro atoms. The van der Waals surface area contributed by atoms with Gasteiger partial charge in [0.15, 0.2) is 6.86 Å². The van der Waals surface area contributed by atoms with Crippen molar-refractivity contribution in [1.29, 1.82) is 0 Å². The molecule has 0 unspecified atom stereocenters. The number of halogens is 1. The van der Waals surface area contributed by atoms with Crippen LogP contribution in [-0.4, -0.2) is 52.5 Å². The van der Waals surface area contributed by atoms with Crippen LogP contribution in [-0.2, 0) is 14.2 Å². The van der Waals surface area contributed by atoms with Crippen LogP contribution in [0.25, 0.3) is 0 Å². The Labute approximate surface area is 72.1 Å². The molecule has 0 saturated carbocycles. The van der Waals surface area contributed by atoms with Gasteiger partial charge in [0.2, 0.25) is 0 Å². The minimum Gasteiger partial charge on any atom is -0.356 e. The van der Waals surface area contributed by atoms with Gasteiger partial charge in [-0.1, -0.05) is 0 Å². The molecule has 0 saturated heterocycles. The lowest BCUT2D eigenvalue weighted by atomic mass is 10.2. The van der Waals surface area contributed by atoms with E-state index >= 15 is 0 Å². The molecule has 0 heterocycles. The van der Waals surface area contributed by atoms with Crippen LogP contribution >= 0.6 is 0 Å². The number of alkyl halides is 1. The molecular formula is C5H14BFN2O3. The highest BCUT2D eigenvalue weighted by Crippen LogP contribution is 1.95. The predicted molar refractivity (Wildman–Crippen MR) is 42.4 cm³/mol. The predicted octanol–water partition coefficient (Wildman–Crippen LogP) is -0.0987. The van der Waals surface area contributed by atoms with E-state index in [1.807, 2.05) is 0 Å². The fourth-order valence-electron chi connectivity index (χ4n) is 0.476. The fourth-order valence-corrected chi connectivity index (χ4v) is 0.476. The van der Waals surface area contributed by atoms with Gasteiger partial charge in [-0.25, -0.2) is 14.5 Å². The second kappa shape index (κ2) is 6.33. The zero-order chi connectivity index (χ0) is 9.56. The molecule has 12 heavy (non-hydrogen) atoms. The molecule has 0 aromatic heterocycles. The third-order valence-corrected chi connectivity index (χ3v) is 0.793. The summed E-state index contributed by atoms with van der Waals surface area (Å²) < 4.78 is 26.0. The normalized spacial score (nSPS) is 11.2. The highest BCUT2D eigenvalue weighted by atomic mass is 19.1. The van der Waals surface area contributed by atoms with Gasteiger partial charge in [-0.15, -0.1) is 0 Å². The largest absolute Gasteiger partial charge is 0.676 e. The van der Waals surface area contributed by atoms with E-state index in [9.17, 15) is 4.39 Å². The Morgan fingerprint density at radius 1 is 1.08 bits per heavy atom. The zero-order valence-electron chi connectivity index (χ0n) is 7.78. The van der Waals surface area contributed by atoms with Crippen LogP contribution in [0.15, 0.2) is 0 Å². The van der Waals surface area contributed by atoms with E-state index in [0.717, 1.165) is 0 Å². The van der Waals surface area contributed by atoms with Crippen molar-refractivity contribution in [2.45, 2.75) is 0 Å². The van der Waals surface area contributed by atoms with Gasteiger partial charge in [0.05, 0.1) is 0 Å². The van der Waals surface area contributed by atoms with Gasteiger partial charge in [0.1, 0.15) is 0 Å². The number of nitrogens with zero attached hydrogens (tertiary/aromatic N) is 2. The lowest BCUT2D eigenvalue weighted by molar-refractivity contribution is -0.134. The van der Waals surface area contributed by atoms with Crippen molar-refractivity contribution in [2.75, 3.05) is 35.1 Å². The van der Waals surface area contributed by atoms with E-state index in [1.54, 1.807) is 28.2 Å². The molecule has 0 atom stereocenters. The average molecular weight is 180 g/mol. The molecule has 0 aliphatic rings. The van der Waals surface area contributed by atoms with Gasteiger partial charge in [0.25, 0.3) is 0 Å². The average Bonchev–Trinajstić information content (AvgIpc) is 1.84. The van der Waals surface area contributed by atoms with E-state index < -0.39 is 14.2 Å². The Morgan fingerprint density at radius 2 is 1.50 bits per heavy atom. The Bertz CT molecular complexity index is 107. The van der Waals surface area contributed by atoms with Crippen molar-refractivity contribution < 1.29 is 18.6 Å². The summed E-state index contributed by atoms with van der Waals surface area (Å²) in [5, 5.41) is 2.73. The van der Waals surface area contributed by atoms with Crippen molar-refractivity contribution in [3.05, 3.63) is 0 Å². The van der Waals surface area contributed by atoms with Crippen LogP contribution in [0.5, 0.6) is 0 Å². The van der Waals surface area contributed by atoms with Crippen molar-refractivity contribution in [3.8, 4) is 0 Å². The van der Waals surface area contributed by atoms with Crippen molar-refractivity contribution >= 4 is 7.32 Å². The Morgan fingerprint density at radius 3 is 1.75 bits per heavy atom. The Balaban J connectivity index is 3.69. The number of rotatable bonds is 6. The molecule has 5 nitrogen and oxygen atoms in total. The molecule has 7 heteroatoms. The Kier molecular flexibility index (Phi) is 6.22. The van der Waals surface area contributed by atoms with Crippen molar-refractivity contribution in [2.24, 2.45) is 0 Å². The summed E-state index contributed by atoms with van der Waals surface area (Å²) in [7, 11) is 5.54. The van der Waals surface area contributed by atoms with E-state index in [4.69, 9.17) is 9.51 Å². The van der Waals surface area contributed by atoms with Crippen LogP contribution < -0.4 is 0 Å². The van der Waals surface area contributed by atoms with Crippen LogP contribution in [0.3, 0.4) is 0 Å². The van der Waals surface area contributed by atoms with Crippen molar-refractivity contribution in [1.82, 2.24) is 10.1 Å². The van der Waals surface area contributed by atoms with Crippen molar-refractivity contribution in [3.63, 3.8) is 0 Å². The number of hydrogen-bond acceptors (Lipinski definition) is 5. The summed E-state index contributed by atoms with van der Waals surface area (Å²) in [6, 6.07) is 0. The molecule has 0 fully saturated rings. The van der Waals surface area contributed by atoms with E-state index in [0.29, 0.717) is 0 Å². The molecular weight excluding hydrogens is 166 g/mol. The van der Waals surface area contributed by atoms with Gasteiger partial charge in [-0.3, -0.25) is 9.51 Å². The molecule has 0 rings (SSSR count). The molecule has 0 bridgehead atoms. The smallest absolute Gasteiger partial charge is 0.356 e. The first-order chi connectivity index (χ1) is 5.56. The zero-order valence-corrected chi connectivity index (χ0v) is 7.78. The Hall–Kier alpha value is -0.205. The highest BCUT2D eigenvalue weighted by molar-refractivity contribution is 6.35. The quantitative estimate of drug-likeness (QED) is 0.421. The second-order valence-electron chi connectivity index (χ2n) is 2.40. The maximum Gasteiger partial charge on any atom is 0.676 e. The minimum absolute atomic E-state index is 0.952. The molecule has 0 aliphatic heterocycles. The molecule has 0 aromatic carbocycles. The first kappa shape index (κ1) is 11.8. The standard InChI is InChI=1S/C5H14BFN2O3/c1-8(2)11-6(10-5-7)12-9(3)4/h5H2,1-4H3. The van der Waals surface area contributed by atoms with Crippen LogP contribution in [0, 0.1) is 0 Å². The maximum absolute atomic E-state index is 11.7. The number of hydroxylamine groups is 4. The monoisotopic (exact) mass is 180 g/mol. The summed E-state index contributed by atoms with van der Waals surface area (Å²) in [5.41, 5.74) is 0. The molecule has 0 radical (unpaired) electrons. The van der Waals surface area contributed by atoms with Gasteiger partial charge >= 0.3 is 7.32 Å². The van der Waals surface area contributed by atoms with E-state index in [-0.39, 0.29) is 0 Å². The first-order valence-corrected chi connectivity index (χ1v) is 3.42. The summed E-state index contributed by atoms with van der Waals surface area (Å²) in [4.78, 5) is 0. The lowest BCUT2D eigenvalue weighted by Gasteiger charge is -2.19. The van der Waals surface area contributed by atoms with Crippen LogP contribution in [0.1, 0.15) is 0 Å². The first-order valence-electron chi connectivity index (χ1n) is 3.42. The van der Waals surface area contributed by atoms with Gasteiger partial charge in [-0.05, 0) is 0 Å². The number of hydrogen-bond donors (Lipinski definition) is 0. The molecule has 0 N–H and O–H groups in total. The summed E-state index contributed by atoms with van der Waals surface area (Å²) in [5.74, 6) is 0. The van der Waals surface area contributed by atoms with Crippen LogP contribution in [0.4, 0.5) is 4.39 Å². The van der Waals surface area contributed by atoms with Gasteiger partial charge in [-0.2, -0.15) is 0 Å². The molecule has 0 aliphatic carbocycles. The van der Waals surface area contributed by atoms with Crippen LogP contribution in [0.2, 0.25) is 0 Å². The van der Waals surface area contributed by atoms with Gasteiger partial charge < -0.3 is 4.65 Å². The van der Waals surface area contributed by atoms with E-state index in [1.165, 1.54) is 10.1 Å². The molecule has 0 aromatic rings. The SMILES string of the molecule is CN(C)OB(OCF)ON(C)C.